The lowest BCUT2D eigenvalue weighted by atomic mass is 10.2. The van der Waals surface area contributed by atoms with E-state index in [9.17, 15) is 9.59 Å². The Morgan fingerprint density at radius 3 is 2.80 bits per heavy atom. The summed E-state index contributed by atoms with van der Waals surface area (Å²) >= 11 is 5.85. The number of rotatable bonds is 6. The van der Waals surface area contributed by atoms with Crippen molar-refractivity contribution in [1.82, 2.24) is 10.6 Å². The second kappa shape index (κ2) is 8.38. The van der Waals surface area contributed by atoms with E-state index in [1.54, 1.807) is 31.2 Å². The lowest BCUT2D eigenvalue weighted by Crippen LogP contribution is -2.44. The van der Waals surface area contributed by atoms with Crippen LogP contribution in [-0.2, 0) is 9.59 Å². The fraction of sp³-hybridized carbons (Fsp3) is 0.333. The smallest absolute Gasteiger partial charge is 0.244 e. The molecular weight excluding hydrogens is 276 g/mol. The summed E-state index contributed by atoms with van der Waals surface area (Å²) in [5.74, 6) is -0.500. The zero-order valence-corrected chi connectivity index (χ0v) is 12.4. The van der Waals surface area contributed by atoms with Gasteiger partial charge in [-0.2, -0.15) is 0 Å². The molecule has 5 heteroatoms. The van der Waals surface area contributed by atoms with Crippen molar-refractivity contribution < 1.29 is 9.59 Å². The van der Waals surface area contributed by atoms with Gasteiger partial charge in [-0.3, -0.25) is 9.59 Å². The molecule has 0 spiro atoms. The van der Waals surface area contributed by atoms with E-state index < -0.39 is 6.04 Å². The molecule has 0 aliphatic heterocycles. The molecule has 1 aromatic rings. The first-order valence-corrected chi connectivity index (χ1v) is 6.92. The average Bonchev–Trinajstić information content (AvgIpc) is 2.42. The number of hydrogen-bond donors (Lipinski definition) is 2. The maximum Gasteiger partial charge on any atom is 0.244 e. The molecule has 0 unspecified atom stereocenters. The van der Waals surface area contributed by atoms with Crippen LogP contribution in [0.3, 0.4) is 0 Å². The predicted molar refractivity (Wildman–Crippen MR) is 81.4 cm³/mol. The van der Waals surface area contributed by atoms with E-state index in [0.29, 0.717) is 11.6 Å². The molecule has 0 heterocycles. The molecule has 0 aliphatic carbocycles. The molecule has 1 atom stereocenters. The molecule has 0 saturated heterocycles. The third-order valence-electron chi connectivity index (χ3n) is 2.58. The van der Waals surface area contributed by atoms with Gasteiger partial charge < -0.3 is 10.6 Å². The molecule has 20 heavy (non-hydrogen) atoms. The number of amides is 2. The van der Waals surface area contributed by atoms with Gasteiger partial charge in [0.15, 0.2) is 0 Å². The van der Waals surface area contributed by atoms with Gasteiger partial charge in [0.1, 0.15) is 6.04 Å². The fourth-order valence-electron chi connectivity index (χ4n) is 1.51. The Labute approximate surface area is 124 Å². The van der Waals surface area contributed by atoms with Crippen LogP contribution in [0, 0.1) is 0 Å². The monoisotopic (exact) mass is 294 g/mol. The highest BCUT2D eigenvalue weighted by Crippen LogP contribution is 2.11. The topological polar surface area (TPSA) is 58.2 Å². The van der Waals surface area contributed by atoms with Crippen LogP contribution in [0.1, 0.15) is 25.8 Å². The van der Waals surface area contributed by atoms with Crippen LogP contribution in [0.4, 0.5) is 0 Å². The molecule has 4 nitrogen and oxygen atoms in total. The highest BCUT2D eigenvalue weighted by Gasteiger charge is 2.12. The first kappa shape index (κ1) is 16.2. The lowest BCUT2D eigenvalue weighted by Gasteiger charge is -2.12. The molecule has 2 amide bonds. The van der Waals surface area contributed by atoms with E-state index in [4.69, 9.17) is 11.6 Å². The van der Waals surface area contributed by atoms with E-state index in [-0.39, 0.29) is 11.8 Å². The maximum absolute atomic E-state index is 11.7. The lowest BCUT2D eigenvalue weighted by molar-refractivity contribution is -0.126. The summed E-state index contributed by atoms with van der Waals surface area (Å²) in [6.45, 7) is 4.23. The van der Waals surface area contributed by atoms with E-state index in [1.165, 1.54) is 6.08 Å². The zero-order valence-electron chi connectivity index (χ0n) is 11.7. The summed E-state index contributed by atoms with van der Waals surface area (Å²) in [7, 11) is 0. The van der Waals surface area contributed by atoms with Crippen LogP contribution in [0.15, 0.2) is 30.3 Å². The summed E-state index contributed by atoms with van der Waals surface area (Å²) in [6, 6.07) is 6.60. The van der Waals surface area contributed by atoms with Crippen LogP contribution >= 0.6 is 11.6 Å². The highest BCUT2D eigenvalue weighted by molar-refractivity contribution is 6.30. The van der Waals surface area contributed by atoms with Crippen LogP contribution in [-0.4, -0.2) is 24.4 Å². The molecule has 0 fully saturated rings. The normalized spacial score (nSPS) is 12.2. The largest absolute Gasteiger partial charge is 0.354 e. The van der Waals surface area contributed by atoms with Gasteiger partial charge in [0, 0.05) is 17.6 Å². The SMILES string of the molecule is CCCNC(=O)[C@H](C)NC(=O)/C=C/c1cccc(Cl)c1. The van der Waals surface area contributed by atoms with Crippen molar-refractivity contribution in [3.63, 3.8) is 0 Å². The van der Waals surface area contributed by atoms with Gasteiger partial charge in [0.2, 0.25) is 11.8 Å². The van der Waals surface area contributed by atoms with Crippen LogP contribution in [0.25, 0.3) is 6.08 Å². The van der Waals surface area contributed by atoms with Gasteiger partial charge in [0.05, 0.1) is 0 Å². The first-order valence-electron chi connectivity index (χ1n) is 6.54. The average molecular weight is 295 g/mol. The minimum atomic E-state index is -0.557. The van der Waals surface area contributed by atoms with E-state index in [0.717, 1.165) is 12.0 Å². The maximum atomic E-state index is 11.7. The van der Waals surface area contributed by atoms with Gasteiger partial charge in [-0.25, -0.2) is 0 Å². The molecule has 108 valence electrons. The molecular formula is C15H19ClN2O2. The van der Waals surface area contributed by atoms with Gasteiger partial charge in [-0.05, 0) is 37.1 Å². The van der Waals surface area contributed by atoms with Crippen molar-refractivity contribution in [2.75, 3.05) is 6.54 Å². The first-order chi connectivity index (χ1) is 9.52. The summed E-state index contributed by atoms with van der Waals surface area (Å²) < 4.78 is 0. The van der Waals surface area contributed by atoms with E-state index >= 15 is 0 Å². The Morgan fingerprint density at radius 2 is 2.15 bits per heavy atom. The minimum absolute atomic E-state index is 0.184. The Hall–Kier alpha value is -1.81. The minimum Gasteiger partial charge on any atom is -0.354 e. The van der Waals surface area contributed by atoms with E-state index in [1.807, 2.05) is 13.0 Å². The van der Waals surface area contributed by atoms with Crippen molar-refractivity contribution in [2.45, 2.75) is 26.3 Å². The van der Waals surface area contributed by atoms with Crippen molar-refractivity contribution in [1.29, 1.82) is 0 Å². The van der Waals surface area contributed by atoms with E-state index in [2.05, 4.69) is 10.6 Å². The molecule has 0 aliphatic rings. The quantitative estimate of drug-likeness (QED) is 0.792. The molecule has 1 rings (SSSR count). The Bertz CT molecular complexity index is 500. The summed E-state index contributed by atoms with van der Waals surface area (Å²) in [4.78, 5) is 23.3. The number of benzene rings is 1. The van der Waals surface area contributed by atoms with Crippen molar-refractivity contribution in [3.8, 4) is 0 Å². The number of hydrogen-bond acceptors (Lipinski definition) is 2. The molecule has 2 N–H and O–H groups in total. The second-order valence-corrected chi connectivity index (χ2v) is 4.85. The Balaban J connectivity index is 2.49. The number of nitrogens with one attached hydrogen (secondary N) is 2. The number of carbonyl (C=O) groups excluding carboxylic acids is 2. The molecule has 0 bridgehead atoms. The van der Waals surface area contributed by atoms with Gasteiger partial charge in [0.25, 0.3) is 0 Å². The standard InChI is InChI=1S/C15H19ClN2O2/c1-3-9-17-15(20)11(2)18-14(19)8-7-12-5-4-6-13(16)10-12/h4-8,10-11H,3,9H2,1-2H3,(H,17,20)(H,18,19)/b8-7+/t11-/m0/s1. The molecule has 0 saturated carbocycles. The predicted octanol–water partition coefficient (Wildman–Crippen LogP) is 2.38. The Kier molecular flexibility index (Phi) is 6.81. The number of carbonyl (C=O) groups is 2. The summed E-state index contributed by atoms with van der Waals surface area (Å²) in [5.41, 5.74) is 0.829. The number of halogens is 1. The third kappa shape index (κ3) is 5.89. The molecule has 0 radical (unpaired) electrons. The van der Waals surface area contributed by atoms with Gasteiger partial charge >= 0.3 is 0 Å². The third-order valence-corrected chi connectivity index (χ3v) is 2.81. The zero-order chi connectivity index (χ0) is 15.0. The van der Waals surface area contributed by atoms with Crippen molar-refractivity contribution in [2.24, 2.45) is 0 Å². The van der Waals surface area contributed by atoms with Crippen molar-refractivity contribution >= 4 is 29.5 Å². The van der Waals surface area contributed by atoms with Crippen molar-refractivity contribution in [3.05, 3.63) is 40.9 Å². The molecule has 1 aromatic carbocycles. The fourth-order valence-corrected chi connectivity index (χ4v) is 1.71. The van der Waals surface area contributed by atoms with Crippen LogP contribution < -0.4 is 10.6 Å². The Morgan fingerprint density at radius 1 is 1.40 bits per heavy atom. The second-order valence-electron chi connectivity index (χ2n) is 4.41. The molecule has 0 aromatic heterocycles. The van der Waals surface area contributed by atoms with Crippen LogP contribution in [0.2, 0.25) is 5.02 Å². The summed E-state index contributed by atoms with van der Waals surface area (Å²) in [5, 5.41) is 5.94. The van der Waals surface area contributed by atoms with Crippen LogP contribution in [0.5, 0.6) is 0 Å². The summed E-state index contributed by atoms with van der Waals surface area (Å²) in [6.07, 6.45) is 3.90. The highest BCUT2D eigenvalue weighted by atomic mass is 35.5. The van der Waals surface area contributed by atoms with Gasteiger partial charge in [-0.15, -0.1) is 0 Å². The van der Waals surface area contributed by atoms with Gasteiger partial charge in [-0.1, -0.05) is 30.7 Å².